The molecule has 2 N–H and O–H groups in total. The summed E-state index contributed by atoms with van der Waals surface area (Å²) in [5.41, 5.74) is 4.23. The summed E-state index contributed by atoms with van der Waals surface area (Å²) in [4.78, 5) is 24.0. The van der Waals surface area contributed by atoms with Crippen LogP contribution in [0.4, 0.5) is 5.69 Å². The second kappa shape index (κ2) is 6.02. The molecule has 1 aliphatic carbocycles. The Bertz CT molecular complexity index is 842. The molecule has 25 heavy (non-hydrogen) atoms. The minimum Gasteiger partial charge on any atom is -0.349 e. The standard InChI is InChI=1S/C19H22N4O2/c1-11(12-3-5-17-13(7-12)4-6-18(24)22-17)21-19(25)16-8-15(16)14-9-20-23(2)10-14/h3,5,7,9-11,15-16H,4,6,8H2,1-2H3,(H,21,25)(H,22,24)/t11-,15+,16+/m0/s1. The summed E-state index contributed by atoms with van der Waals surface area (Å²) in [6, 6.07) is 5.94. The van der Waals surface area contributed by atoms with Gasteiger partial charge in [0.1, 0.15) is 0 Å². The zero-order chi connectivity index (χ0) is 17.6. The zero-order valence-electron chi connectivity index (χ0n) is 14.5. The Labute approximate surface area is 146 Å². The third kappa shape index (κ3) is 3.16. The fourth-order valence-electron chi connectivity index (χ4n) is 3.56. The van der Waals surface area contributed by atoms with Crippen LogP contribution < -0.4 is 10.6 Å². The first-order valence-corrected chi connectivity index (χ1v) is 8.73. The summed E-state index contributed by atoms with van der Waals surface area (Å²) in [6.07, 6.45) is 5.99. The molecule has 6 nitrogen and oxygen atoms in total. The summed E-state index contributed by atoms with van der Waals surface area (Å²) in [7, 11) is 1.89. The van der Waals surface area contributed by atoms with Crippen molar-refractivity contribution in [3.8, 4) is 0 Å². The first kappa shape index (κ1) is 15.9. The van der Waals surface area contributed by atoms with Gasteiger partial charge >= 0.3 is 0 Å². The first-order chi connectivity index (χ1) is 12.0. The second-order valence-corrected chi connectivity index (χ2v) is 7.09. The van der Waals surface area contributed by atoms with Crippen molar-refractivity contribution < 1.29 is 9.59 Å². The van der Waals surface area contributed by atoms with E-state index in [0.717, 1.165) is 35.2 Å². The molecule has 1 fully saturated rings. The van der Waals surface area contributed by atoms with Crippen LogP contribution in [0.5, 0.6) is 0 Å². The van der Waals surface area contributed by atoms with Gasteiger partial charge in [-0.2, -0.15) is 5.10 Å². The summed E-state index contributed by atoms with van der Waals surface area (Å²) < 4.78 is 1.77. The molecule has 2 heterocycles. The lowest BCUT2D eigenvalue weighted by atomic mass is 9.97. The number of benzene rings is 1. The van der Waals surface area contributed by atoms with Crippen molar-refractivity contribution >= 4 is 17.5 Å². The van der Waals surface area contributed by atoms with Crippen molar-refractivity contribution in [2.24, 2.45) is 13.0 Å². The van der Waals surface area contributed by atoms with Gasteiger partial charge in [-0.1, -0.05) is 12.1 Å². The molecule has 2 aliphatic rings. The van der Waals surface area contributed by atoms with Crippen LogP contribution in [-0.2, 0) is 23.1 Å². The predicted molar refractivity (Wildman–Crippen MR) is 94.0 cm³/mol. The third-order valence-electron chi connectivity index (χ3n) is 5.16. The van der Waals surface area contributed by atoms with E-state index in [4.69, 9.17) is 0 Å². The second-order valence-electron chi connectivity index (χ2n) is 7.09. The molecule has 1 saturated carbocycles. The molecular weight excluding hydrogens is 316 g/mol. The largest absolute Gasteiger partial charge is 0.349 e. The van der Waals surface area contributed by atoms with Gasteiger partial charge in [0.05, 0.1) is 12.2 Å². The lowest BCUT2D eigenvalue weighted by Gasteiger charge is -2.20. The van der Waals surface area contributed by atoms with Crippen LogP contribution >= 0.6 is 0 Å². The molecule has 0 saturated heterocycles. The van der Waals surface area contributed by atoms with Crippen LogP contribution in [0.2, 0.25) is 0 Å². The monoisotopic (exact) mass is 338 g/mol. The summed E-state index contributed by atoms with van der Waals surface area (Å²) in [5.74, 6) is 0.507. The van der Waals surface area contributed by atoms with Gasteiger partial charge in [0.25, 0.3) is 0 Å². The maximum absolute atomic E-state index is 12.5. The summed E-state index contributed by atoms with van der Waals surface area (Å²) >= 11 is 0. The number of carbonyl (C=O) groups excluding carboxylic acids is 2. The van der Waals surface area contributed by atoms with Gasteiger partial charge < -0.3 is 10.6 Å². The minimum absolute atomic E-state index is 0.0450. The molecule has 0 bridgehead atoms. The number of rotatable bonds is 4. The Hall–Kier alpha value is -2.63. The highest BCUT2D eigenvalue weighted by atomic mass is 16.2. The van der Waals surface area contributed by atoms with E-state index in [2.05, 4.69) is 21.8 Å². The smallest absolute Gasteiger partial charge is 0.224 e. The van der Waals surface area contributed by atoms with Crippen LogP contribution in [0.25, 0.3) is 0 Å². The predicted octanol–water partition coefficient (Wildman–Crippen LogP) is 2.29. The molecule has 1 aromatic heterocycles. The highest BCUT2D eigenvalue weighted by Gasteiger charge is 2.44. The van der Waals surface area contributed by atoms with E-state index in [9.17, 15) is 9.59 Å². The molecule has 2 amide bonds. The van der Waals surface area contributed by atoms with E-state index in [0.29, 0.717) is 12.3 Å². The Morgan fingerprint density at radius 3 is 3.00 bits per heavy atom. The van der Waals surface area contributed by atoms with E-state index in [1.807, 2.05) is 38.5 Å². The molecule has 0 spiro atoms. The molecule has 2 aromatic rings. The van der Waals surface area contributed by atoms with E-state index < -0.39 is 0 Å². The average molecular weight is 338 g/mol. The van der Waals surface area contributed by atoms with Gasteiger partial charge in [-0.05, 0) is 48.4 Å². The van der Waals surface area contributed by atoms with Crippen LogP contribution in [0.1, 0.15) is 48.4 Å². The number of fused-ring (bicyclic) bond motifs is 1. The molecule has 130 valence electrons. The van der Waals surface area contributed by atoms with Crippen molar-refractivity contribution in [3.63, 3.8) is 0 Å². The van der Waals surface area contributed by atoms with E-state index in [1.165, 1.54) is 0 Å². The lowest BCUT2D eigenvalue weighted by Crippen LogP contribution is -2.28. The maximum Gasteiger partial charge on any atom is 0.224 e. The molecule has 0 radical (unpaired) electrons. The fourth-order valence-corrected chi connectivity index (χ4v) is 3.56. The number of nitrogens with zero attached hydrogens (tertiary/aromatic N) is 2. The van der Waals surface area contributed by atoms with Gasteiger partial charge in [-0.15, -0.1) is 0 Å². The summed E-state index contributed by atoms with van der Waals surface area (Å²) in [5, 5.41) is 10.2. The number of amides is 2. The van der Waals surface area contributed by atoms with Crippen molar-refractivity contribution in [2.75, 3.05) is 5.32 Å². The molecule has 1 aromatic carbocycles. The Morgan fingerprint density at radius 1 is 1.40 bits per heavy atom. The molecule has 6 heteroatoms. The molecule has 3 atom stereocenters. The van der Waals surface area contributed by atoms with Gasteiger partial charge in [0.15, 0.2) is 0 Å². The number of anilines is 1. The number of carbonyl (C=O) groups is 2. The van der Waals surface area contributed by atoms with Crippen LogP contribution in [0, 0.1) is 5.92 Å². The van der Waals surface area contributed by atoms with E-state index in [-0.39, 0.29) is 23.8 Å². The van der Waals surface area contributed by atoms with Gasteiger partial charge in [0, 0.05) is 31.3 Å². The number of aromatic nitrogens is 2. The normalized spacial score (nSPS) is 22.7. The average Bonchev–Trinajstić information content (AvgIpc) is 3.28. The molecule has 4 rings (SSSR count). The highest BCUT2D eigenvalue weighted by molar-refractivity contribution is 5.94. The zero-order valence-corrected chi connectivity index (χ0v) is 14.5. The fraction of sp³-hybridized carbons (Fsp3) is 0.421. The van der Waals surface area contributed by atoms with Gasteiger partial charge in [0.2, 0.25) is 11.8 Å². The van der Waals surface area contributed by atoms with Crippen molar-refractivity contribution in [1.29, 1.82) is 0 Å². The Kier molecular flexibility index (Phi) is 3.82. The van der Waals surface area contributed by atoms with Crippen LogP contribution in [0.15, 0.2) is 30.6 Å². The van der Waals surface area contributed by atoms with Crippen LogP contribution in [-0.4, -0.2) is 21.6 Å². The number of hydrogen-bond acceptors (Lipinski definition) is 3. The van der Waals surface area contributed by atoms with Gasteiger partial charge in [-0.25, -0.2) is 0 Å². The lowest BCUT2D eigenvalue weighted by molar-refractivity contribution is -0.123. The summed E-state index contributed by atoms with van der Waals surface area (Å²) in [6.45, 7) is 2.00. The Morgan fingerprint density at radius 2 is 2.24 bits per heavy atom. The highest BCUT2D eigenvalue weighted by Crippen LogP contribution is 2.47. The maximum atomic E-state index is 12.5. The Balaban J connectivity index is 1.40. The molecule has 0 unspecified atom stereocenters. The van der Waals surface area contributed by atoms with Crippen LogP contribution in [0.3, 0.4) is 0 Å². The number of hydrogen-bond donors (Lipinski definition) is 2. The van der Waals surface area contributed by atoms with E-state index >= 15 is 0 Å². The first-order valence-electron chi connectivity index (χ1n) is 8.73. The minimum atomic E-state index is -0.0504. The molecule has 1 aliphatic heterocycles. The topological polar surface area (TPSA) is 76.0 Å². The quantitative estimate of drug-likeness (QED) is 0.898. The number of nitrogens with one attached hydrogen (secondary N) is 2. The van der Waals surface area contributed by atoms with Gasteiger partial charge in [-0.3, -0.25) is 14.3 Å². The van der Waals surface area contributed by atoms with Crippen molar-refractivity contribution in [2.45, 2.75) is 38.1 Å². The molecular formula is C19H22N4O2. The SMILES string of the molecule is C[C@H](NC(=O)[C@@H]1C[C@@H]1c1cnn(C)c1)c1ccc2c(c1)CCC(=O)N2. The van der Waals surface area contributed by atoms with E-state index in [1.54, 1.807) is 4.68 Å². The van der Waals surface area contributed by atoms with Crippen molar-refractivity contribution in [3.05, 3.63) is 47.3 Å². The number of aryl methyl sites for hydroxylation is 2. The third-order valence-corrected chi connectivity index (χ3v) is 5.16. The van der Waals surface area contributed by atoms with Crippen molar-refractivity contribution in [1.82, 2.24) is 15.1 Å².